The van der Waals surface area contributed by atoms with Crippen molar-refractivity contribution in [3.8, 4) is 5.75 Å². The first-order chi connectivity index (χ1) is 12.8. The van der Waals surface area contributed by atoms with Gasteiger partial charge in [-0.05, 0) is 37.0 Å². The molecule has 2 aromatic rings. The SMILES string of the molecule is O=C(CCCOc1ccccc1)N1CC2CCCN2C1c1ccccc1. The lowest BCUT2D eigenvalue weighted by molar-refractivity contribution is -0.134. The summed E-state index contributed by atoms with van der Waals surface area (Å²) in [7, 11) is 0. The van der Waals surface area contributed by atoms with Gasteiger partial charge in [-0.15, -0.1) is 0 Å². The van der Waals surface area contributed by atoms with E-state index in [0.717, 1.165) is 25.3 Å². The number of ether oxygens (including phenoxy) is 1. The Morgan fingerprint density at radius 2 is 1.77 bits per heavy atom. The number of amides is 1. The summed E-state index contributed by atoms with van der Waals surface area (Å²) < 4.78 is 5.72. The molecule has 26 heavy (non-hydrogen) atoms. The van der Waals surface area contributed by atoms with E-state index < -0.39 is 0 Å². The molecule has 4 nitrogen and oxygen atoms in total. The number of benzene rings is 2. The maximum atomic E-state index is 12.9. The molecule has 2 fully saturated rings. The Kier molecular flexibility index (Phi) is 5.21. The van der Waals surface area contributed by atoms with Crippen LogP contribution in [-0.2, 0) is 4.79 Å². The summed E-state index contributed by atoms with van der Waals surface area (Å²) in [6, 6.07) is 20.8. The Bertz CT molecular complexity index is 719. The van der Waals surface area contributed by atoms with Crippen LogP contribution in [0.2, 0.25) is 0 Å². The number of rotatable bonds is 6. The minimum Gasteiger partial charge on any atom is -0.494 e. The van der Waals surface area contributed by atoms with Crippen LogP contribution in [0.5, 0.6) is 5.75 Å². The van der Waals surface area contributed by atoms with Gasteiger partial charge in [0, 0.05) is 25.6 Å². The summed E-state index contributed by atoms with van der Waals surface area (Å²) in [6.45, 7) is 2.52. The molecule has 0 spiro atoms. The molecule has 0 saturated carbocycles. The van der Waals surface area contributed by atoms with Gasteiger partial charge in [-0.1, -0.05) is 48.5 Å². The molecule has 2 aliphatic rings. The standard InChI is InChI=1S/C22H26N2O2/c25-21(14-8-16-26-20-12-5-2-6-13-20)24-17-19-11-7-15-23(19)22(24)18-9-3-1-4-10-18/h1-6,9-10,12-13,19,22H,7-8,11,14-17H2. The summed E-state index contributed by atoms with van der Waals surface area (Å²) in [5.74, 6) is 1.11. The summed E-state index contributed by atoms with van der Waals surface area (Å²) in [4.78, 5) is 17.5. The molecule has 0 N–H and O–H groups in total. The summed E-state index contributed by atoms with van der Waals surface area (Å²) in [5.41, 5.74) is 1.23. The number of fused-ring (bicyclic) bond motifs is 1. The van der Waals surface area contributed by atoms with Gasteiger partial charge in [0.1, 0.15) is 11.9 Å². The van der Waals surface area contributed by atoms with Gasteiger partial charge in [0.2, 0.25) is 5.91 Å². The van der Waals surface area contributed by atoms with E-state index in [0.29, 0.717) is 19.1 Å². The Balaban J connectivity index is 1.36. The molecule has 0 aliphatic carbocycles. The first-order valence-corrected chi connectivity index (χ1v) is 9.61. The molecule has 2 atom stereocenters. The minimum absolute atomic E-state index is 0.103. The van der Waals surface area contributed by atoms with E-state index in [1.807, 2.05) is 36.4 Å². The molecule has 4 heteroatoms. The monoisotopic (exact) mass is 350 g/mol. The van der Waals surface area contributed by atoms with Gasteiger partial charge >= 0.3 is 0 Å². The fourth-order valence-electron chi connectivity index (χ4n) is 4.19. The molecule has 136 valence electrons. The summed E-state index contributed by atoms with van der Waals surface area (Å²) in [5, 5.41) is 0. The maximum absolute atomic E-state index is 12.9. The fourth-order valence-corrected chi connectivity index (χ4v) is 4.19. The molecule has 2 unspecified atom stereocenters. The minimum atomic E-state index is 0.103. The molecule has 4 rings (SSSR count). The van der Waals surface area contributed by atoms with E-state index in [-0.39, 0.29) is 12.1 Å². The van der Waals surface area contributed by atoms with Crippen molar-refractivity contribution in [2.24, 2.45) is 0 Å². The van der Waals surface area contributed by atoms with Crippen LogP contribution in [0.15, 0.2) is 60.7 Å². The van der Waals surface area contributed by atoms with E-state index in [1.165, 1.54) is 18.4 Å². The van der Waals surface area contributed by atoms with E-state index in [1.54, 1.807) is 0 Å². The highest BCUT2D eigenvalue weighted by Crippen LogP contribution is 2.39. The van der Waals surface area contributed by atoms with Crippen LogP contribution in [-0.4, -0.2) is 41.4 Å². The molecule has 2 aliphatic heterocycles. The number of para-hydroxylation sites is 1. The highest BCUT2D eigenvalue weighted by molar-refractivity contribution is 5.77. The molecular weight excluding hydrogens is 324 g/mol. The number of hydrogen-bond donors (Lipinski definition) is 0. The Labute approximate surface area is 155 Å². The van der Waals surface area contributed by atoms with Crippen molar-refractivity contribution in [1.82, 2.24) is 9.80 Å². The average Bonchev–Trinajstić information content (AvgIpc) is 3.28. The highest BCUT2D eigenvalue weighted by Gasteiger charge is 2.44. The molecular formula is C22H26N2O2. The van der Waals surface area contributed by atoms with Crippen molar-refractivity contribution in [3.05, 3.63) is 66.2 Å². The van der Waals surface area contributed by atoms with Crippen molar-refractivity contribution >= 4 is 5.91 Å². The second-order valence-corrected chi connectivity index (χ2v) is 7.13. The van der Waals surface area contributed by atoms with Crippen LogP contribution in [0.1, 0.15) is 37.4 Å². The van der Waals surface area contributed by atoms with Crippen molar-refractivity contribution < 1.29 is 9.53 Å². The smallest absolute Gasteiger partial charge is 0.224 e. The Morgan fingerprint density at radius 1 is 1.04 bits per heavy atom. The van der Waals surface area contributed by atoms with Gasteiger partial charge in [0.25, 0.3) is 0 Å². The number of carbonyl (C=O) groups excluding carboxylic acids is 1. The third-order valence-corrected chi connectivity index (χ3v) is 5.40. The molecule has 2 saturated heterocycles. The van der Waals surface area contributed by atoms with Crippen molar-refractivity contribution in [3.63, 3.8) is 0 Å². The van der Waals surface area contributed by atoms with Crippen LogP contribution >= 0.6 is 0 Å². The molecule has 0 aromatic heterocycles. The van der Waals surface area contributed by atoms with E-state index in [9.17, 15) is 4.79 Å². The van der Waals surface area contributed by atoms with Crippen molar-refractivity contribution in [1.29, 1.82) is 0 Å². The first-order valence-electron chi connectivity index (χ1n) is 9.61. The topological polar surface area (TPSA) is 32.8 Å². The predicted molar refractivity (Wildman–Crippen MR) is 102 cm³/mol. The molecule has 2 heterocycles. The van der Waals surface area contributed by atoms with Gasteiger partial charge in [0.15, 0.2) is 0 Å². The quantitative estimate of drug-likeness (QED) is 0.742. The Hall–Kier alpha value is -2.33. The lowest BCUT2D eigenvalue weighted by atomic mass is 10.1. The second-order valence-electron chi connectivity index (χ2n) is 7.13. The van der Waals surface area contributed by atoms with Crippen LogP contribution in [0.3, 0.4) is 0 Å². The van der Waals surface area contributed by atoms with Crippen molar-refractivity contribution in [2.75, 3.05) is 19.7 Å². The number of nitrogens with zero attached hydrogens (tertiary/aromatic N) is 2. The summed E-state index contributed by atoms with van der Waals surface area (Å²) >= 11 is 0. The van der Waals surface area contributed by atoms with Gasteiger partial charge in [-0.3, -0.25) is 9.69 Å². The second kappa shape index (κ2) is 7.92. The van der Waals surface area contributed by atoms with Crippen LogP contribution in [0.25, 0.3) is 0 Å². The average molecular weight is 350 g/mol. The normalized spacial score (nSPS) is 22.4. The number of carbonyl (C=O) groups is 1. The zero-order valence-electron chi connectivity index (χ0n) is 15.1. The van der Waals surface area contributed by atoms with Crippen LogP contribution in [0, 0.1) is 0 Å². The zero-order chi connectivity index (χ0) is 17.8. The van der Waals surface area contributed by atoms with Gasteiger partial charge in [0.05, 0.1) is 6.61 Å². The van der Waals surface area contributed by atoms with Crippen LogP contribution in [0.4, 0.5) is 0 Å². The Morgan fingerprint density at radius 3 is 2.54 bits per heavy atom. The first kappa shape index (κ1) is 17.1. The lowest BCUT2D eigenvalue weighted by Gasteiger charge is -2.30. The maximum Gasteiger partial charge on any atom is 0.224 e. The van der Waals surface area contributed by atoms with Gasteiger partial charge in [-0.2, -0.15) is 0 Å². The molecule has 0 bridgehead atoms. The van der Waals surface area contributed by atoms with Crippen LogP contribution < -0.4 is 4.74 Å². The van der Waals surface area contributed by atoms with Crippen molar-refractivity contribution in [2.45, 2.75) is 37.9 Å². The molecule has 2 aromatic carbocycles. The van der Waals surface area contributed by atoms with E-state index >= 15 is 0 Å². The highest BCUT2D eigenvalue weighted by atomic mass is 16.5. The molecule has 0 radical (unpaired) electrons. The van der Waals surface area contributed by atoms with E-state index in [4.69, 9.17) is 4.74 Å². The van der Waals surface area contributed by atoms with E-state index in [2.05, 4.69) is 34.1 Å². The number of hydrogen-bond acceptors (Lipinski definition) is 3. The summed E-state index contributed by atoms with van der Waals surface area (Å²) in [6.07, 6.45) is 3.82. The largest absolute Gasteiger partial charge is 0.494 e. The van der Waals surface area contributed by atoms with Gasteiger partial charge in [-0.25, -0.2) is 0 Å². The predicted octanol–water partition coefficient (Wildman–Crippen LogP) is 3.85. The molecule has 1 amide bonds. The third-order valence-electron chi connectivity index (χ3n) is 5.40. The third kappa shape index (κ3) is 3.61. The lowest BCUT2D eigenvalue weighted by Crippen LogP contribution is -2.35. The van der Waals surface area contributed by atoms with Gasteiger partial charge < -0.3 is 9.64 Å². The zero-order valence-corrected chi connectivity index (χ0v) is 15.1. The fraction of sp³-hybridized carbons (Fsp3) is 0.409.